The molecule has 1 saturated carbocycles. The Labute approximate surface area is 201 Å². The highest BCUT2D eigenvalue weighted by Gasteiger charge is 2.21. The molecule has 30 heavy (non-hydrogen) atoms. The minimum atomic E-state index is -0.890. The molecule has 0 aliphatic heterocycles. The Morgan fingerprint density at radius 2 is 1.93 bits per heavy atom. The van der Waals surface area contributed by atoms with E-state index in [0.29, 0.717) is 24.8 Å². The van der Waals surface area contributed by atoms with Crippen LogP contribution in [-0.2, 0) is 17.3 Å². The van der Waals surface area contributed by atoms with E-state index < -0.39 is 10.8 Å². The van der Waals surface area contributed by atoms with Gasteiger partial charge in [0.1, 0.15) is 0 Å². The highest BCUT2D eigenvalue weighted by molar-refractivity contribution is 14.0. The van der Waals surface area contributed by atoms with E-state index in [1.807, 2.05) is 45.9 Å². The summed E-state index contributed by atoms with van der Waals surface area (Å²) in [5.41, 5.74) is 1.01. The van der Waals surface area contributed by atoms with Gasteiger partial charge in [0.15, 0.2) is 17.5 Å². The molecule has 1 fully saturated rings. The average Bonchev–Trinajstić information content (AvgIpc) is 3.19. The Kier molecular flexibility index (Phi) is 12.1. The number of nitrogens with one attached hydrogen (secondary N) is 2. The lowest BCUT2D eigenvalue weighted by Gasteiger charge is -2.19. The van der Waals surface area contributed by atoms with Gasteiger partial charge in [-0.2, -0.15) is 0 Å². The van der Waals surface area contributed by atoms with Crippen molar-refractivity contribution in [3.05, 3.63) is 23.8 Å². The van der Waals surface area contributed by atoms with Crippen molar-refractivity contribution in [2.24, 2.45) is 4.99 Å². The smallest absolute Gasteiger partial charge is 0.191 e. The Morgan fingerprint density at radius 3 is 2.53 bits per heavy atom. The molecule has 1 aromatic carbocycles. The Bertz CT molecular complexity index is 701. The zero-order valence-electron chi connectivity index (χ0n) is 19.0. The standard InChI is InChI=1S/C22H37N3O3S.HI/c1-6-23-21(24-14-15-29(26)22(2,3)4)25-16-17-10-9-13-19(27-5)20(17)28-18-11-7-8-12-18;/h9-10,13,18H,6-8,11-12,14-16H2,1-5H3,(H2,23,24,25);1H. The van der Waals surface area contributed by atoms with Crippen molar-refractivity contribution >= 4 is 40.7 Å². The van der Waals surface area contributed by atoms with Crippen LogP contribution in [0.2, 0.25) is 0 Å². The fourth-order valence-corrected chi connectivity index (χ4v) is 4.13. The normalized spacial score (nSPS) is 16.0. The second kappa shape index (κ2) is 13.4. The average molecular weight is 552 g/mol. The summed E-state index contributed by atoms with van der Waals surface area (Å²) in [6.07, 6.45) is 4.88. The molecule has 0 bridgehead atoms. The largest absolute Gasteiger partial charge is 0.493 e. The third-order valence-electron chi connectivity index (χ3n) is 4.88. The first kappa shape index (κ1) is 27.0. The number of rotatable bonds is 9. The summed E-state index contributed by atoms with van der Waals surface area (Å²) in [6.45, 7) is 9.88. The van der Waals surface area contributed by atoms with Crippen LogP contribution in [0.4, 0.5) is 0 Å². The molecule has 0 spiro atoms. The Morgan fingerprint density at radius 1 is 1.23 bits per heavy atom. The molecule has 2 N–H and O–H groups in total. The second-order valence-electron chi connectivity index (χ2n) is 8.26. The number of para-hydroxylation sites is 1. The van der Waals surface area contributed by atoms with E-state index in [0.717, 1.165) is 36.4 Å². The quantitative estimate of drug-likeness (QED) is 0.273. The minimum Gasteiger partial charge on any atom is -0.493 e. The van der Waals surface area contributed by atoms with E-state index in [4.69, 9.17) is 14.5 Å². The number of guanidine groups is 1. The van der Waals surface area contributed by atoms with E-state index >= 15 is 0 Å². The van der Waals surface area contributed by atoms with E-state index in [9.17, 15) is 4.21 Å². The second-order valence-corrected chi connectivity index (χ2v) is 10.6. The van der Waals surface area contributed by atoms with Crippen molar-refractivity contribution < 1.29 is 13.7 Å². The number of benzene rings is 1. The summed E-state index contributed by atoms with van der Waals surface area (Å²) in [6, 6.07) is 5.94. The zero-order chi connectivity index (χ0) is 21.3. The Balaban J connectivity index is 0.00000450. The van der Waals surface area contributed by atoms with E-state index in [1.54, 1.807) is 7.11 Å². The summed E-state index contributed by atoms with van der Waals surface area (Å²) in [4.78, 5) is 4.71. The van der Waals surface area contributed by atoms with Crippen molar-refractivity contribution in [1.29, 1.82) is 0 Å². The van der Waals surface area contributed by atoms with Crippen LogP contribution >= 0.6 is 24.0 Å². The minimum absolute atomic E-state index is 0. The van der Waals surface area contributed by atoms with Crippen LogP contribution < -0.4 is 20.1 Å². The summed E-state index contributed by atoms with van der Waals surface area (Å²) in [5, 5.41) is 6.54. The molecular weight excluding hydrogens is 513 g/mol. The molecule has 1 atom stereocenters. The molecule has 2 rings (SSSR count). The van der Waals surface area contributed by atoms with Gasteiger partial charge in [-0.25, -0.2) is 4.99 Å². The maximum absolute atomic E-state index is 12.2. The summed E-state index contributed by atoms with van der Waals surface area (Å²) in [5.74, 6) is 2.86. The first-order chi connectivity index (χ1) is 13.8. The van der Waals surface area contributed by atoms with Gasteiger partial charge in [0.25, 0.3) is 0 Å². The van der Waals surface area contributed by atoms with E-state index in [1.165, 1.54) is 12.8 Å². The van der Waals surface area contributed by atoms with Crippen LogP contribution in [0.5, 0.6) is 11.5 Å². The number of hydrogen-bond acceptors (Lipinski definition) is 4. The summed E-state index contributed by atoms with van der Waals surface area (Å²) < 4.78 is 23.9. The van der Waals surface area contributed by atoms with Crippen molar-refractivity contribution in [3.63, 3.8) is 0 Å². The van der Waals surface area contributed by atoms with Crippen LogP contribution in [0.15, 0.2) is 23.2 Å². The maximum Gasteiger partial charge on any atom is 0.191 e. The van der Waals surface area contributed by atoms with Gasteiger partial charge in [0, 0.05) is 40.0 Å². The molecule has 1 unspecified atom stereocenters. The van der Waals surface area contributed by atoms with Gasteiger partial charge in [0.2, 0.25) is 0 Å². The van der Waals surface area contributed by atoms with Gasteiger partial charge in [-0.15, -0.1) is 24.0 Å². The predicted octanol–water partition coefficient (Wildman–Crippen LogP) is 4.24. The highest BCUT2D eigenvalue weighted by atomic mass is 127. The maximum atomic E-state index is 12.2. The van der Waals surface area contributed by atoms with Crippen molar-refractivity contribution in [3.8, 4) is 11.5 Å². The van der Waals surface area contributed by atoms with Crippen molar-refractivity contribution in [2.45, 2.75) is 70.8 Å². The fourth-order valence-electron chi connectivity index (χ4n) is 3.23. The first-order valence-corrected chi connectivity index (χ1v) is 11.9. The summed E-state index contributed by atoms with van der Waals surface area (Å²) in [7, 11) is 0.781. The SMILES string of the molecule is CCNC(=NCc1cccc(OC)c1OC1CCCC1)NCCS(=O)C(C)(C)C.I. The van der Waals surface area contributed by atoms with Gasteiger partial charge >= 0.3 is 0 Å². The van der Waals surface area contributed by atoms with E-state index in [-0.39, 0.29) is 34.8 Å². The molecule has 1 aliphatic rings. The third kappa shape index (κ3) is 8.61. The molecule has 0 radical (unpaired) electrons. The van der Waals surface area contributed by atoms with Crippen LogP contribution in [0.3, 0.4) is 0 Å². The number of hydrogen-bond donors (Lipinski definition) is 2. The monoisotopic (exact) mass is 551 g/mol. The Hall–Kier alpha value is -1.03. The van der Waals surface area contributed by atoms with Crippen LogP contribution in [0, 0.1) is 0 Å². The molecule has 0 aromatic heterocycles. The number of methoxy groups -OCH3 is 1. The molecule has 8 heteroatoms. The summed E-state index contributed by atoms with van der Waals surface area (Å²) >= 11 is 0. The fraction of sp³-hybridized carbons (Fsp3) is 0.682. The van der Waals surface area contributed by atoms with Crippen molar-refractivity contribution in [2.75, 3.05) is 26.0 Å². The van der Waals surface area contributed by atoms with E-state index in [2.05, 4.69) is 10.6 Å². The molecule has 0 heterocycles. The molecule has 0 amide bonds. The van der Waals surface area contributed by atoms with Crippen LogP contribution in [-0.4, -0.2) is 47.0 Å². The lowest BCUT2D eigenvalue weighted by molar-refractivity contribution is 0.198. The van der Waals surface area contributed by atoms with Crippen molar-refractivity contribution in [1.82, 2.24) is 10.6 Å². The number of halogens is 1. The van der Waals surface area contributed by atoms with Gasteiger partial charge in [-0.3, -0.25) is 4.21 Å². The topological polar surface area (TPSA) is 72.0 Å². The molecule has 0 saturated heterocycles. The molecule has 1 aliphatic carbocycles. The van der Waals surface area contributed by atoms with Crippen LogP contribution in [0.1, 0.15) is 58.9 Å². The number of nitrogens with zero attached hydrogens (tertiary/aromatic N) is 1. The van der Waals surface area contributed by atoms with Crippen LogP contribution in [0.25, 0.3) is 0 Å². The molecular formula is C22H38IN3O3S. The number of ether oxygens (including phenoxy) is 2. The van der Waals surface area contributed by atoms with Gasteiger partial charge in [0.05, 0.1) is 19.8 Å². The first-order valence-electron chi connectivity index (χ1n) is 10.6. The van der Waals surface area contributed by atoms with Gasteiger partial charge in [-0.1, -0.05) is 12.1 Å². The lowest BCUT2D eigenvalue weighted by atomic mass is 10.1. The third-order valence-corrected chi connectivity index (χ3v) is 6.82. The zero-order valence-corrected chi connectivity index (χ0v) is 22.1. The highest BCUT2D eigenvalue weighted by Crippen LogP contribution is 2.35. The molecule has 6 nitrogen and oxygen atoms in total. The van der Waals surface area contributed by atoms with Gasteiger partial charge in [-0.05, 0) is 59.4 Å². The number of aliphatic imine (C=N–C) groups is 1. The molecule has 1 aromatic rings. The lowest BCUT2D eigenvalue weighted by Crippen LogP contribution is -2.40. The molecule has 172 valence electrons. The predicted molar refractivity (Wildman–Crippen MR) is 137 cm³/mol. The van der Waals surface area contributed by atoms with Gasteiger partial charge < -0.3 is 20.1 Å².